The number of aromatic nitrogens is 3. The molecule has 4 aromatic rings. The fraction of sp³-hybridized carbons (Fsp3) is 0.405. The fourth-order valence-electron chi connectivity index (χ4n) is 6.92. The van der Waals surface area contributed by atoms with Gasteiger partial charge in [-0.3, -0.25) is 9.59 Å². The molecule has 1 aromatic heterocycles. The lowest BCUT2D eigenvalue weighted by Gasteiger charge is -2.28. The number of halogens is 1. The summed E-state index contributed by atoms with van der Waals surface area (Å²) in [6.45, 7) is 4.09. The molecule has 0 bridgehead atoms. The molecule has 1 aliphatic carbocycles. The lowest BCUT2D eigenvalue weighted by Crippen LogP contribution is -2.48. The number of amides is 2. The standard InChI is InChI=1S/C37H45ClN8O4S/c1-23-19-31(51(49,50)46-30-15-17-40-18-16-30)13-14-32(23)28-4-2-3-25(20-28)21-33(42-35(47)27-7-5-24(22-39)6-8-27)36(48)41-29-11-9-26(10-12-29)34-43-37(38)45-44-34/h2-4,9-14,19-20,24,27,30,33,40,46H,5-8,15-18,21-22,39H2,1H3,(H,41,48)(H,42,47)(H,43,44,45). The average molecular weight is 733 g/mol. The highest BCUT2D eigenvalue weighted by molar-refractivity contribution is 7.89. The zero-order chi connectivity index (χ0) is 36.0. The van der Waals surface area contributed by atoms with Gasteiger partial charge in [-0.2, -0.15) is 10.1 Å². The summed E-state index contributed by atoms with van der Waals surface area (Å²) in [6.07, 6.45) is 5.02. The highest BCUT2D eigenvalue weighted by Gasteiger charge is 2.30. The van der Waals surface area contributed by atoms with Gasteiger partial charge in [0.2, 0.25) is 27.1 Å². The number of anilines is 1. The van der Waals surface area contributed by atoms with Crippen LogP contribution in [0.25, 0.3) is 22.5 Å². The molecule has 14 heteroatoms. The third kappa shape index (κ3) is 9.40. The first-order valence-corrected chi connectivity index (χ1v) is 19.4. The molecule has 1 unspecified atom stereocenters. The van der Waals surface area contributed by atoms with Gasteiger partial charge >= 0.3 is 0 Å². The Bertz CT molecular complexity index is 1940. The molecule has 1 saturated carbocycles. The number of H-pyrrole nitrogens is 1. The molecule has 1 aliphatic heterocycles. The van der Waals surface area contributed by atoms with E-state index in [9.17, 15) is 18.0 Å². The minimum atomic E-state index is -3.66. The van der Waals surface area contributed by atoms with Crippen LogP contribution in [0.2, 0.25) is 5.28 Å². The number of nitrogens with one attached hydrogen (secondary N) is 5. The van der Waals surface area contributed by atoms with E-state index in [1.807, 2.05) is 37.3 Å². The van der Waals surface area contributed by atoms with Crippen LogP contribution < -0.4 is 26.4 Å². The van der Waals surface area contributed by atoms with E-state index in [0.29, 0.717) is 24.0 Å². The van der Waals surface area contributed by atoms with Crippen molar-refractivity contribution in [2.24, 2.45) is 17.6 Å². The van der Waals surface area contributed by atoms with Crippen molar-refractivity contribution in [3.63, 3.8) is 0 Å². The lowest BCUT2D eigenvalue weighted by molar-refractivity contribution is -0.130. The number of sulfonamides is 1. The van der Waals surface area contributed by atoms with Crippen molar-refractivity contribution in [3.8, 4) is 22.5 Å². The second-order valence-electron chi connectivity index (χ2n) is 13.6. The van der Waals surface area contributed by atoms with Gasteiger partial charge in [0.15, 0.2) is 5.82 Å². The Labute approximate surface area is 303 Å². The normalized spacial score (nSPS) is 19.0. The summed E-state index contributed by atoms with van der Waals surface area (Å²) in [5.41, 5.74) is 10.6. The third-order valence-electron chi connectivity index (χ3n) is 9.90. The zero-order valence-electron chi connectivity index (χ0n) is 28.6. The molecule has 3 aromatic carbocycles. The first-order chi connectivity index (χ1) is 24.6. The molecule has 1 saturated heterocycles. The van der Waals surface area contributed by atoms with E-state index in [2.05, 4.69) is 35.9 Å². The van der Waals surface area contributed by atoms with Crippen LogP contribution in [-0.4, -0.2) is 67.1 Å². The van der Waals surface area contributed by atoms with E-state index in [1.54, 1.807) is 36.4 Å². The molecule has 7 N–H and O–H groups in total. The number of benzene rings is 3. The first kappa shape index (κ1) is 36.6. The molecular weight excluding hydrogens is 688 g/mol. The van der Waals surface area contributed by atoms with Gasteiger partial charge in [0.1, 0.15) is 6.04 Å². The van der Waals surface area contributed by atoms with Crippen LogP contribution in [0.15, 0.2) is 71.6 Å². The molecule has 2 aliphatic rings. The van der Waals surface area contributed by atoms with Crippen LogP contribution in [0.5, 0.6) is 0 Å². The van der Waals surface area contributed by atoms with E-state index in [-0.39, 0.29) is 40.4 Å². The number of aromatic amines is 1. The number of piperidine rings is 1. The number of hydrogen-bond acceptors (Lipinski definition) is 8. The Morgan fingerprint density at radius 3 is 2.37 bits per heavy atom. The van der Waals surface area contributed by atoms with Crippen molar-refractivity contribution < 1.29 is 18.0 Å². The Morgan fingerprint density at radius 2 is 1.71 bits per heavy atom. The molecule has 270 valence electrons. The number of carbonyl (C=O) groups excluding carboxylic acids is 2. The summed E-state index contributed by atoms with van der Waals surface area (Å²) in [7, 11) is -3.66. The van der Waals surface area contributed by atoms with Crippen molar-refractivity contribution in [2.75, 3.05) is 25.0 Å². The minimum Gasteiger partial charge on any atom is -0.344 e. The van der Waals surface area contributed by atoms with Crippen molar-refractivity contribution in [1.82, 2.24) is 30.5 Å². The second kappa shape index (κ2) is 16.5. The van der Waals surface area contributed by atoms with Gasteiger partial charge in [-0.1, -0.05) is 30.3 Å². The van der Waals surface area contributed by atoms with Crippen molar-refractivity contribution in [2.45, 2.75) is 68.8 Å². The fourth-order valence-corrected chi connectivity index (χ4v) is 8.43. The highest BCUT2D eigenvalue weighted by Crippen LogP contribution is 2.30. The number of hydrogen-bond donors (Lipinski definition) is 6. The smallest absolute Gasteiger partial charge is 0.247 e. The number of rotatable bonds is 12. The van der Waals surface area contributed by atoms with Gasteiger partial charge < -0.3 is 21.7 Å². The molecule has 2 fully saturated rings. The topological polar surface area (TPSA) is 184 Å². The van der Waals surface area contributed by atoms with Crippen LogP contribution in [0.3, 0.4) is 0 Å². The lowest BCUT2D eigenvalue weighted by atomic mass is 9.81. The molecule has 2 heterocycles. The highest BCUT2D eigenvalue weighted by atomic mass is 35.5. The van der Waals surface area contributed by atoms with Crippen LogP contribution in [-0.2, 0) is 26.0 Å². The Morgan fingerprint density at radius 1 is 0.961 bits per heavy atom. The van der Waals surface area contributed by atoms with Crippen LogP contribution >= 0.6 is 11.6 Å². The van der Waals surface area contributed by atoms with E-state index in [0.717, 1.165) is 79.4 Å². The van der Waals surface area contributed by atoms with Gasteiger partial charge in [-0.25, -0.2) is 18.2 Å². The molecule has 2 amide bonds. The van der Waals surface area contributed by atoms with E-state index in [1.165, 1.54) is 0 Å². The van der Waals surface area contributed by atoms with Gasteiger partial charge in [0.25, 0.3) is 0 Å². The summed E-state index contributed by atoms with van der Waals surface area (Å²) < 4.78 is 29.2. The maximum atomic E-state index is 13.8. The molecule has 12 nitrogen and oxygen atoms in total. The first-order valence-electron chi connectivity index (χ1n) is 17.5. The second-order valence-corrected chi connectivity index (χ2v) is 15.6. The predicted octanol–water partition coefficient (Wildman–Crippen LogP) is 4.56. The van der Waals surface area contributed by atoms with Gasteiger partial charge in [-0.15, -0.1) is 0 Å². The van der Waals surface area contributed by atoms with Crippen LogP contribution in [0, 0.1) is 18.8 Å². The summed E-state index contributed by atoms with van der Waals surface area (Å²) in [6, 6.07) is 19.1. The number of nitrogens with zero attached hydrogens (tertiary/aromatic N) is 2. The van der Waals surface area contributed by atoms with Crippen LogP contribution in [0.1, 0.15) is 49.7 Å². The Kier molecular flexibility index (Phi) is 11.8. The van der Waals surface area contributed by atoms with Gasteiger partial charge in [0, 0.05) is 29.6 Å². The molecule has 0 radical (unpaired) electrons. The van der Waals surface area contributed by atoms with E-state index in [4.69, 9.17) is 17.3 Å². The number of carbonyl (C=O) groups is 2. The molecule has 0 spiro atoms. The molecule has 51 heavy (non-hydrogen) atoms. The maximum Gasteiger partial charge on any atom is 0.247 e. The minimum absolute atomic E-state index is 0.0855. The van der Waals surface area contributed by atoms with Crippen molar-refractivity contribution in [1.29, 1.82) is 0 Å². The molecular formula is C37H45ClN8O4S. The van der Waals surface area contributed by atoms with Crippen LogP contribution in [0.4, 0.5) is 5.69 Å². The summed E-state index contributed by atoms with van der Waals surface area (Å²) in [5.74, 6) is 0.209. The Balaban J connectivity index is 1.19. The molecule has 1 atom stereocenters. The molecule has 6 rings (SSSR count). The number of nitrogens with two attached hydrogens (primary N) is 1. The van der Waals surface area contributed by atoms with E-state index >= 15 is 0 Å². The summed E-state index contributed by atoms with van der Waals surface area (Å²) in [5, 5.41) is 16.1. The third-order valence-corrected chi connectivity index (χ3v) is 11.6. The average Bonchev–Trinajstić information content (AvgIpc) is 3.58. The largest absolute Gasteiger partial charge is 0.344 e. The monoisotopic (exact) mass is 732 g/mol. The summed E-state index contributed by atoms with van der Waals surface area (Å²) in [4.78, 5) is 31.7. The maximum absolute atomic E-state index is 13.8. The SMILES string of the molecule is Cc1cc(S(=O)(=O)NC2CCNCC2)ccc1-c1cccc(CC(NC(=O)C2CCC(CN)CC2)C(=O)Nc2ccc(-c3n[nH]c(Cl)n3)cc2)c1. The van der Waals surface area contributed by atoms with Crippen molar-refractivity contribution in [3.05, 3.63) is 83.1 Å². The van der Waals surface area contributed by atoms with Gasteiger partial charge in [0.05, 0.1) is 4.90 Å². The Hall–Kier alpha value is -4.14. The predicted molar refractivity (Wildman–Crippen MR) is 198 cm³/mol. The summed E-state index contributed by atoms with van der Waals surface area (Å²) >= 11 is 5.88. The quantitative estimate of drug-likeness (QED) is 0.122. The van der Waals surface area contributed by atoms with E-state index < -0.39 is 16.1 Å². The van der Waals surface area contributed by atoms with Gasteiger partial charge in [-0.05, 0) is 141 Å². The zero-order valence-corrected chi connectivity index (χ0v) is 30.2. The number of aryl methyl sites for hydroxylation is 1. The van der Waals surface area contributed by atoms with Crippen molar-refractivity contribution >= 4 is 39.1 Å².